The standard InChI is InChI=1S/C21H26N2O6S/c1-21(2,3)30(27)23-17(15-8-7-14(28-4)10-19(15)25)11-18(24)13-6-9-16(22-12-13)20(26)29-5/h6-10,12,18,24-25H,11H2,1-5H3/b23-17+/t18-,30-/m0/s1. The minimum Gasteiger partial charge on any atom is -0.591 e. The summed E-state index contributed by atoms with van der Waals surface area (Å²) in [5.74, 6) is -0.233. The van der Waals surface area contributed by atoms with E-state index in [-0.39, 0.29) is 23.6 Å². The fraction of sp³-hybridized carbons (Fsp3) is 0.381. The first-order valence-electron chi connectivity index (χ1n) is 9.16. The lowest BCUT2D eigenvalue weighted by atomic mass is 9.99. The first kappa shape index (κ1) is 23.7. The molecule has 0 bridgehead atoms. The lowest BCUT2D eigenvalue weighted by Gasteiger charge is -2.21. The Morgan fingerprint density at radius 3 is 2.47 bits per heavy atom. The molecule has 8 nitrogen and oxygen atoms in total. The molecule has 0 spiro atoms. The number of carbonyl (C=O) groups is 1. The second-order valence-electron chi connectivity index (χ2n) is 7.47. The highest BCUT2D eigenvalue weighted by molar-refractivity contribution is 7.91. The third-order valence-corrected chi connectivity index (χ3v) is 5.62. The summed E-state index contributed by atoms with van der Waals surface area (Å²) in [6, 6.07) is 7.65. The van der Waals surface area contributed by atoms with Gasteiger partial charge in [0, 0.05) is 24.2 Å². The van der Waals surface area contributed by atoms with Gasteiger partial charge < -0.3 is 24.2 Å². The van der Waals surface area contributed by atoms with Crippen LogP contribution in [-0.2, 0) is 16.1 Å². The highest BCUT2D eigenvalue weighted by atomic mass is 32.2. The predicted octanol–water partition coefficient (Wildman–Crippen LogP) is 2.96. The van der Waals surface area contributed by atoms with Crippen molar-refractivity contribution in [3.8, 4) is 11.5 Å². The smallest absolute Gasteiger partial charge is 0.356 e. The number of esters is 1. The number of rotatable bonds is 7. The van der Waals surface area contributed by atoms with Gasteiger partial charge in [-0.05, 0) is 44.5 Å². The fourth-order valence-corrected chi connectivity index (χ4v) is 3.09. The molecule has 0 aliphatic heterocycles. The molecule has 0 aliphatic rings. The van der Waals surface area contributed by atoms with Crippen LogP contribution in [0.5, 0.6) is 11.5 Å². The molecule has 0 amide bonds. The van der Waals surface area contributed by atoms with E-state index >= 15 is 0 Å². The number of phenolic OH excluding ortho intramolecular Hbond substituents is 1. The number of ether oxygens (including phenoxy) is 2. The second kappa shape index (κ2) is 9.92. The Labute approximate surface area is 178 Å². The highest BCUT2D eigenvalue weighted by Crippen LogP contribution is 2.29. The van der Waals surface area contributed by atoms with Crippen LogP contribution in [0.2, 0.25) is 0 Å². The van der Waals surface area contributed by atoms with Gasteiger partial charge in [0.1, 0.15) is 39.0 Å². The van der Waals surface area contributed by atoms with Gasteiger partial charge in [-0.3, -0.25) is 0 Å². The van der Waals surface area contributed by atoms with Crippen molar-refractivity contribution in [1.82, 2.24) is 4.98 Å². The van der Waals surface area contributed by atoms with Gasteiger partial charge in [0.05, 0.1) is 20.3 Å². The van der Waals surface area contributed by atoms with Gasteiger partial charge in [-0.15, -0.1) is 0 Å². The summed E-state index contributed by atoms with van der Waals surface area (Å²) in [4.78, 5) is 15.5. The van der Waals surface area contributed by atoms with Crippen molar-refractivity contribution in [2.75, 3.05) is 14.2 Å². The van der Waals surface area contributed by atoms with E-state index in [1.807, 2.05) is 0 Å². The molecule has 0 aliphatic carbocycles. The molecule has 30 heavy (non-hydrogen) atoms. The molecule has 1 aromatic heterocycles. The summed E-state index contributed by atoms with van der Waals surface area (Å²) >= 11 is -1.61. The van der Waals surface area contributed by atoms with Gasteiger partial charge in [-0.1, -0.05) is 10.5 Å². The van der Waals surface area contributed by atoms with Gasteiger partial charge in [0.25, 0.3) is 0 Å². The zero-order valence-corrected chi connectivity index (χ0v) is 18.4. The van der Waals surface area contributed by atoms with Gasteiger partial charge >= 0.3 is 5.97 Å². The van der Waals surface area contributed by atoms with Crippen LogP contribution in [0.15, 0.2) is 40.9 Å². The Bertz CT molecular complexity index is 909. The fourth-order valence-electron chi connectivity index (χ4n) is 2.44. The molecule has 1 heterocycles. The summed E-state index contributed by atoms with van der Waals surface area (Å²) in [6.07, 6.45) is 0.283. The molecule has 0 unspecified atom stereocenters. The van der Waals surface area contributed by atoms with Crippen molar-refractivity contribution in [1.29, 1.82) is 0 Å². The lowest BCUT2D eigenvalue weighted by molar-refractivity contribution is 0.0593. The summed E-state index contributed by atoms with van der Waals surface area (Å²) in [5, 5.41) is 21.1. The van der Waals surface area contributed by atoms with Crippen molar-refractivity contribution in [3.05, 3.63) is 53.3 Å². The van der Waals surface area contributed by atoms with Crippen LogP contribution in [0.3, 0.4) is 0 Å². The Kier molecular flexibility index (Phi) is 7.83. The number of carbonyl (C=O) groups excluding carboxylic acids is 1. The van der Waals surface area contributed by atoms with Gasteiger partial charge in [-0.2, -0.15) is 0 Å². The molecule has 0 saturated heterocycles. The quantitative estimate of drug-likeness (QED) is 0.390. The average molecular weight is 435 g/mol. The Balaban J connectivity index is 2.37. The summed E-state index contributed by atoms with van der Waals surface area (Å²) in [6.45, 7) is 5.35. The molecular formula is C21H26N2O6S. The number of aliphatic hydroxyl groups excluding tert-OH is 1. The van der Waals surface area contributed by atoms with E-state index in [1.165, 1.54) is 32.5 Å². The molecule has 0 fully saturated rings. The maximum Gasteiger partial charge on any atom is 0.356 e. The van der Waals surface area contributed by atoms with Crippen LogP contribution in [0.4, 0.5) is 0 Å². The number of aromatic nitrogens is 1. The predicted molar refractivity (Wildman–Crippen MR) is 114 cm³/mol. The van der Waals surface area contributed by atoms with Crippen LogP contribution >= 0.6 is 0 Å². The molecule has 0 radical (unpaired) electrons. The van der Waals surface area contributed by atoms with Crippen LogP contribution in [0.25, 0.3) is 0 Å². The zero-order chi connectivity index (χ0) is 22.5. The molecule has 162 valence electrons. The topological polar surface area (TPSA) is 124 Å². The third kappa shape index (κ3) is 5.94. The van der Waals surface area contributed by atoms with Gasteiger partial charge in [-0.25, -0.2) is 9.78 Å². The number of methoxy groups -OCH3 is 2. The summed E-state index contributed by atoms with van der Waals surface area (Å²) < 4.78 is 26.0. The van der Waals surface area contributed by atoms with Crippen LogP contribution in [0.1, 0.15) is 54.9 Å². The number of hydrogen-bond donors (Lipinski definition) is 2. The SMILES string of the molecule is COC(=O)c1ccc([C@@H](O)C/C(=N\[S@@+]([O-])C(C)(C)C)c2ccc(OC)cc2O)cn1. The maximum absolute atomic E-state index is 12.6. The van der Waals surface area contributed by atoms with Crippen LogP contribution in [0, 0.1) is 0 Å². The van der Waals surface area contributed by atoms with E-state index in [4.69, 9.17) is 4.74 Å². The second-order valence-corrected chi connectivity index (χ2v) is 9.38. The summed E-state index contributed by atoms with van der Waals surface area (Å²) in [5.41, 5.74) is 1.16. The first-order chi connectivity index (χ1) is 14.1. The number of benzene rings is 1. The number of phenols is 1. The van der Waals surface area contributed by atoms with E-state index in [0.29, 0.717) is 16.9 Å². The molecule has 2 N–H and O–H groups in total. The average Bonchev–Trinajstić information content (AvgIpc) is 2.71. The number of hydrogen-bond acceptors (Lipinski definition) is 8. The van der Waals surface area contributed by atoms with E-state index in [0.717, 1.165) is 0 Å². The monoisotopic (exact) mass is 434 g/mol. The van der Waals surface area contributed by atoms with Crippen LogP contribution in [-0.4, -0.2) is 50.4 Å². The third-order valence-electron chi connectivity index (χ3n) is 4.19. The van der Waals surface area contributed by atoms with E-state index < -0.39 is 28.2 Å². The van der Waals surface area contributed by atoms with Gasteiger partial charge in [0.2, 0.25) is 0 Å². The molecule has 9 heteroatoms. The molecule has 2 aromatic rings. The van der Waals surface area contributed by atoms with E-state index in [1.54, 1.807) is 39.0 Å². The molecule has 2 rings (SSSR count). The van der Waals surface area contributed by atoms with Crippen molar-refractivity contribution < 1.29 is 29.0 Å². The van der Waals surface area contributed by atoms with E-state index in [9.17, 15) is 19.6 Å². The van der Waals surface area contributed by atoms with Crippen molar-refractivity contribution in [3.63, 3.8) is 0 Å². The maximum atomic E-state index is 12.6. The number of nitrogens with zero attached hydrogens (tertiary/aromatic N) is 2. The number of aromatic hydroxyl groups is 1. The van der Waals surface area contributed by atoms with Crippen molar-refractivity contribution in [2.45, 2.75) is 38.0 Å². The molecule has 0 saturated carbocycles. The van der Waals surface area contributed by atoms with Crippen LogP contribution < -0.4 is 4.74 Å². The lowest BCUT2D eigenvalue weighted by Crippen LogP contribution is -2.27. The summed E-state index contributed by atoms with van der Waals surface area (Å²) in [7, 11) is 2.74. The largest absolute Gasteiger partial charge is 0.591 e. The van der Waals surface area contributed by atoms with Crippen molar-refractivity contribution >= 4 is 23.0 Å². The Morgan fingerprint density at radius 1 is 1.27 bits per heavy atom. The highest BCUT2D eigenvalue weighted by Gasteiger charge is 2.29. The Hall–Kier alpha value is -2.62. The normalized spacial score (nSPS) is 14.2. The molecule has 1 aromatic carbocycles. The van der Waals surface area contributed by atoms with Gasteiger partial charge in [0.15, 0.2) is 0 Å². The first-order valence-corrected chi connectivity index (χ1v) is 10.3. The number of aliphatic hydroxyl groups is 1. The van der Waals surface area contributed by atoms with E-state index in [2.05, 4.69) is 14.1 Å². The Morgan fingerprint density at radius 2 is 1.97 bits per heavy atom. The minimum absolute atomic E-state index is 0.0268. The minimum atomic E-state index is -1.61. The number of pyridine rings is 1. The van der Waals surface area contributed by atoms with Crippen molar-refractivity contribution in [2.24, 2.45) is 4.40 Å². The zero-order valence-electron chi connectivity index (χ0n) is 17.6. The molecular weight excluding hydrogens is 408 g/mol. The molecule has 2 atom stereocenters.